The van der Waals surface area contributed by atoms with Crippen LogP contribution in [0.2, 0.25) is 0 Å². The Morgan fingerprint density at radius 2 is 1.76 bits per heavy atom. The van der Waals surface area contributed by atoms with Gasteiger partial charge in [-0.1, -0.05) is 23.5 Å². The Bertz CT molecular complexity index is 883. The predicted octanol–water partition coefficient (Wildman–Crippen LogP) is 4.38. The number of anilines is 1. The number of nitrogens with zero attached hydrogens (tertiary/aromatic N) is 1. The molecule has 2 N–H and O–H groups in total. The number of halogens is 4. The van der Waals surface area contributed by atoms with Gasteiger partial charge in [0.2, 0.25) is 0 Å². The van der Waals surface area contributed by atoms with Crippen LogP contribution in [0.4, 0.5) is 22.7 Å². The molecule has 0 amide bonds. The quantitative estimate of drug-likeness (QED) is 0.397. The minimum atomic E-state index is -1.43. The lowest BCUT2D eigenvalue weighted by atomic mass is 10.1. The Morgan fingerprint density at radius 3 is 2.44 bits per heavy atom. The highest BCUT2D eigenvalue weighted by Gasteiger charge is 2.18. The molecule has 0 atom stereocenters. The summed E-state index contributed by atoms with van der Waals surface area (Å²) in [6, 6.07) is 7.71. The van der Waals surface area contributed by atoms with Crippen molar-refractivity contribution >= 4 is 44.0 Å². The van der Waals surface area contributed by atoms with Crippen LogP contribution >= 0.6 is 23.6 Å². The SMILES string of the molecule is Fc1cc(F)c(F)c(CCNC(=S)Nc2nc3ccccc3s2)c1F. The summed E-state index contributed by atoms with van der Waals surface area (Å²) in [4.78, 5) is 4.33. The fourth-order valence-electron chi connectivity index (χ4n) is 2.21. The Balaban J connectivity index is 1.60. The normalized spacial score (nSPS) is 10.9. The zero-order valence-electron chi connectivity index (χ0n) is 12.6. The molecule has 3 rings (SSSR count). The molecule has 0 unspecified atom stereocenters. The number of rotatable bonds is 4. The zero-order valence-corrected chi connectivity index (χ0v) is 14.2. The molecule has 0 aliphatic heterocycles. The van der Waals surface area contributed by atoms with E-state index in [0.29, 0.717) is 5.13 Å². The smallest absolute Gasteiger partial charge is 0.190 e. The van der Waals surface area contributed by atoms with E-state index in [0.717, 1.165) is 10.2 Å². The first kappa shape index (κ1) is 17.6. The van der Waals surface area contributed by atoms with E-state index in [2.05, 4.69) is 15.6 Å². The highest BCUT2D eigenvalue weighted by molar-refractivity contribution is 7.80. The monoisotopic (exact) mass is 385 g/mol. The van der Waals surface area contributed by atoms with Crippen molar-refractivity contribution in [2.75, 3.05) is 11.9 Å². The Kier molecular flexibility index (Phi) is 5.14. The van der Waals surface area contributed by atoms with Crippen molar-refractivity contribution < 1.29 is 17.6 Å². The van der Waals surface area contributed by atoms with Crippen molar-refractivity contribution in [2.24, 2.45) is 0 Å². The predicted molar refractivity (Wildman–Crippen MR) is 93.8 cm³/mol. The molecule has 0 aliphatic rings. The minimum absolute atomic E-state index is 0.00649. The van der Waals surface area contributed by atoms with Crippen molar-refractivity contribution in [3.8, 4) is 0 Å². The minimum Gasteiger partial charge on any atom is -0.362 e. The van der Waals surface area contributed by atoms with E-state index in [1.165, 1.54) is 11.3 Å². The molecule has 1 heterocycles. The maximum Gasteiger partial charge on any atom is 0.190 e. The zero-order chi connectivity index (χ0) is 18.0. The summed E-state index contributed by atoms with van der Waals surface area (Å²) in [6.07, 6.45) is -0.270. The largest absolute Gasteiger partial charge is 0.362 e. The van der Waals surface area contributed by atoms with Gasteiger partial charge in [-0.3, -0.25) is 0 Å². The van der Waals surface area contributed by atoms with E-state index in [9.17, 15) is 17.6 Å². The van der Waals surface area contributed by atoms with Gasteiger partial charge in [0.1, 0.15) is 0 Å². The number of fused-ring (bicyclic) bond motifs is 1. The highest BCUT2D eigenvalue weighted by atomic mass is 32.1. The molecule has 130 valence electrons. The first-order chi connectivity index (χ1) is 12.0. The van der Waals surface area contributed by atoms with Gasteiger partial charge in [-0.05, 0) is 30.8 Å². The van der Waals surface area contributed by atoms with Gasteiger partial charge >= 0.3 is 0 Å². The number of hydrogen-bond donors (Lipinski definition) is 2. The summed E-state index contributed by atoms with van der Waals surface area (Å²) in [7, 11) is 0. The topological polar surface area (TPSA) is 37.0 Å². The third-order valence-corrected chi connectivity index (χ3v) is 4.58. The molecule has 2 aromatic carbocycles. The molecule has 1 aromatic heterocycles. The van der Waals surface area contributed by atoms with Gasteiger partial charge in [-0.15, -0.1) is 0 Å². The van der Waals surface area contributed by atoms with Gasteiger partial charge in [0.15, 0.2) is 33.5 Å². The molecular weight excluding hydrogens is 374 g/mol. The van der Waals surface area contributed by atoms with Crippen LogP contribution in [-0.4, -0.2) is 16.6 Å². The van der Waals surface area contributed by atoms with E-state index in [4.69, 9.17) is 12.2 Å². The molecule has 0 bridgehead atoms. The lowest BCUT2D eigenvalue weighted by Crippen LogP contribution is -2.30. The van der Waals surface area contributed by atoms with Crippen LogP contribution in [0, 0.1) is 23.3 Å². The molecule has 0 aliphatic carbocycles. The summed E-state index contributed by atoms with van der Waals surface area (Å²) in [6.45, 7) is -0.00649. The molecule has 0 spiro atoms. The van der Waals surface area contributed by atoms with Crippen LogP contribution in [-0.2, 0) is 6.42 Å². The summed E-state index contributed by atoms with van der Waals surface area (Å²) in [5.74, 6) is -5.65. The van der Waals surface area contributed by atoms with Crippen LogP contribution in [0.3, 0.4) is 0 Å². The number of para-hydroxylation sites is 1. The lowest BCUT2D eigenvalue weighted by molar-refractivity contribution is 0.438. The van der Waals surface area contributed by atoms with Crippen LogP contribution in [0.5, 0.6) is 0 Å². The van der Waals surface area contributed by atoms with Crippen molar-refractivity contribution in [2.45, 2.75) is 6.42 Å². The number of benzene rings is 2. The second-order valence-electron chi connectivity index (χ2n) is 5.06. The third kappa shape index (κ3) is 3.88. The summed E-state index contributed by atoms with van der Waals surface area (Å²) in [5, 5.41) is 6.34. The van der Waals surface area contributed by atoms with E-state index in [1.807, 2.05) is 24.3 Å². The number of thiazole rings is 1. The summed E-state index contributed by atoms with van der Waals surface area (Å²) >= 11 is 6.48. The first-order valence-electron chi connectivity index (χ1n) is 7.18. The molecule has 3 aromatic rings. The molecular formula is C16H11F4N3S2. The van der Waals surface area contributed by atoms with Gasteiger partial charge in [0.25, 0.3) is 0 Å². The van der Waals surface area contributed by atoms with Crippen LogP contribution in [0.25, 0.3) is 10.2 Å². The van der Waals surface area contributed by atoms with Crippen molar-refractivity contribution in [3.63, 3.8) is 0 Å². The van der Waals surface area contributed by atoms with Gasteiger partial charge in [-0.2, -0.15) is 0 Å². The Hall–Kier alpha value is -2.26. The van der Waals surface area contributed by atoms with Gasteiger partial charge < -0.3 is 10.6 Å². The average Bonchev–Trinajstić information content (AvgIpc) is 2.98. The van der Waals surface area contributed by atoms with Crippen molar-refractivity contribution in [1.82, 2.24) is 10.3 Å². The highest BCUT2D eigenvalue weighted by Crippen LogP contribution is 2.25. The third-order valence-electron chi connectivity index (χ3n) is 3.38. The summed E-state index contributed by atoms with van der Waals surface area (Å²) in [5.41, 5.74) is 0.157. The van der Waals surface area contributed by atoms with E-state index in [-0.39, 0.29) is 24.1 Å². The van der Waals surface area contributed by atoms with Crippen molar-refractivity contribution in [3.05, 3.63) is 59.2 Å². The van der Waals surface area contributed by atoms with Gasteiger partial charge in [0.05, 0.1) is 10.2 Å². The molecule has 0 fully saturated rings. The molecule has 25 heavy (non-hydrogen) atoms. The average molecular weight is 385 g/mol. The van der Waals surface area contributed by atoms with Gasteiger partial charge in [-0.25, -0.2) is 22.5 Å². The Morgan fingerprint density at radius 1 is 1.08 bits per heavy atom. The van der Waals surface area contributed by atoms with E-state index in [1.54, 1.807) is 0 Å². The van der Waals surface area contributed by atoms with Crippen LogP contribution in [0.15, 0.2) is 30.3 Å². The molecule has 0 saturated heterocycles. The molecule has 9 heteroatoms. The number of thiocarbonyl (C=S) groups is 1. The van der Waals surface area contributed by atoms with E-state index < -0.39 is 28.8 Å². The number of nitrogens with one attached hydrogen (secondary N) is 2. The molecule has 0 saturated carbocycles. The summed E-state index contributed by atoms with van der Waals surface area (Å²) < 4.78 is 54.4. The first-order valence-corrected chi connectivity index (χ1v) is 8.40. The fraction of sp³-hybridized carbons (Fsp3) is 0.125. The second kappa shape index (κ2) is 7.32. The van der Waals surface area contributed by atoms with Crippen LogP contribution < -0.4 is 10.6 Å². The maximum absolute atomic E-state index is 13.6. The van der Waals surface area contributed by atoms with E-state index >= 15 is 0 Å². The van der Waals surface area contributed by atoms with Crippen molar-refractivity contribution in [1.29, 1.82) is 0 Å². The lowest BCUT2D eigenvalue weighted by Gasteiger charge is -2.10. The standard InChI is InChI=1S/C16H11F4N3S2/c17-9-7-10(18)14(20)8(13(9)19)5-6-21-15(24)23-16-22-11-3-1-2-4-12(11)25-16/h1-4,7H,5-6H2,(H2,21,22,23,24). The van der Waals surface area contributed by atoms with Crippen LogP contribution in [0.1, 0.15) is 5.56 Å². The Labute approximate surface area is 149 Å². The maximum atomic E-state index is 13.6. The molecule has 0 radical (unpaired) electrons. The fourth-order valence-corrected chi connectivity index (χ4v) is 3.34. The second-order valence-corrected chi connectivity index (χ2v) is 6.50. The number of hydrogen-bond acceptors (Lipinski definition) is 3. The number of aromatic nitrogens is 1. The van der Waals surface area contributed by atoms with Gasteiger partial charge in [0, 0.05) is 18.2 Å². The molecule has 3 nitrogen and oxygen atoms in total.